The van der Waals surface area contributed by atoms with E-state index in [0.717, 1.165) is 5.69 Å². The normalized spacial score (nSPS) is 12.4. The topological polar surface area (TPSA) is 26.0 Å². The molecular weight excluding hydrogens is 194 g/mol. The van der Waals surface area contributed by atoms with Gasteiger partial charge in [0.25, 0.3) is 0 Å². The lowest BCUT2D eigenvalue weighted by Crippen LogP contribution is -1.97. The third-order valence-electron chi connectivity index (χ3n) is 2.95. The van der Waals surface area contributed by atoms with E-state index in [-0.39, 0.29) is 0 Å². The monoisotopic (exact) mass is 211 g/mol. The standard InChI is InChI=1S/C15H17N/c1-11-5-3-6-13(9-11)12(2)14-7-4-8-15(16)10-14/h3-10,12H,16H2,1-2H3/t12-/m0/s1. The van der Waals surface area contributed by atoms with Crippen LogP contribution < -0.4 is 5.73 Å². The molecule has 0 bridgehead atoms. The van der Waals surface area contributed by atoms with Crippen molar-refractivity contribution in [2.75, 3.05) is 5.73 Å². The summed E-state index contributed by atoms with van der Waals surface area (Å²) in [4.78, 5) is 0. The molecule has 0 aliphatic carbocycles. The first kappa shape index (κ1) is 10.7. The van der Waals surface area contributed by atoms with Crippen molar-refractivity contribution in [3.63, 3.8) is 0 Å². The van der Waals surface area contributed by atoms with Crippen LogP contribution >= 0.6 is 0 Å². The van der Waals surface area contributed by atoms with Gasteiger partial charge >= 0.3 is 0 Å². The van der Waals surface area contributed by atoms with E-state index in [0.29, 0.717) is 5.92 Å². The lowest BCUT2D eigenvalue weighted by molar-refractivity contribution is 0.921. The third kappa shape index (κ3) is 2.25. The number of aryl methyl sites for hydroxylation is 1. The van der Waals surface area contributed by atoms with E-state index in [9.17, 15) is 0 Å². The first-order chi connectivity index (χ1) is 7.66. The molecule has 0 spiro atoms. The minimum absolute atomic E-state index is 0.392. The highest BCUT2D eigenvalue weighted by molar-refractivity contribution is 5.44. The van der Waals surface area contributed by atoms with Gasteiger partial charge in [-0.2, -0.15) is 0 Å². The molecule has 16 heavy (non-hydrogen) atoms. The smallest absolute Gasteiger partial charge is 0.0316 e. The Morgan fingerprint density at radius 1 is 0.938 bits per heavy atom. The van der Waals surface area contributed by atoms with Gasteiger partial charge < -0.3 is 5.73 Å². The fourth-order valence-electron chi connectivity index (χ4n) is 1.96. The fourth-order valence-corrected chi connectivity index (χ4v) is 1.96. The van der Waals surface area contributed by atoms with Crippen LogP contribution in [0.1, 0.15) is 29.5 Å². The van der Waals surface area contributed by atoms with Crippen molar-refractivity contribution in [3.05, 3.63) is 65.2 Å². The van der Waals surface area contributed by atoms with E-state index in [1.807, 2.05) is 18.2 Å². The van der Waals surface area contributed by atoms with Crippen LogP contribution in [0.2, 0.25) is 0 Å². The third-order valence-corrected chi connectivity index (χ3v) is 2.95. The Morgan fingerprint density at radius 2 is 1.56 bits per heavy atom. The zero-order valence-corrected chi connectivity index (χ0v) is 9.77. The molecule has 2 aromatic carbocycles. The van der Waals surface area contributed by atoms with Gasteiger partial charge in [0.2, 0.25) is 0 Å². The summed E-state index contributed by atoms with van der Waals surface area (Å²) in [5, 5.41) is 0. The molecule has 0 amide bonds. The van der Waals surface area contributed by atoms with Crippen LogP contribution in [0.15, 0.2) is 48.5 Å². The first-order valence-corrected chi connectivity index (χ1v) is 5.59. The quantitative estimate of drug-likeness (QED) is 0.752. The summed E-state index contributed by atoms with van der Waals surface area (Å²) in [5.74, 6) is 0.392. The Kier molecular flexibility index (Phi) is 2.95. The van der Waals surface area contributed by atoms with Crippen LogP contribution in [-0.2, 0) is 0 Å². The Morgan fingerprint density at radius 3 is 2.19 bits per heavy atom. The lowest BCUT2D eigenvalue weighted by Gasteiger charge is -2.13. The number of hydrogen-bond acceptors (Lipinski definition) is 1. The first-order valence-electron chi connectivity index (χ1n) is 5.59. The average molecular weight is 211 g/mol. The molecule has 0 unspecified atom stereocenters. The molecule has 2 aromatic rings. The van der Waals surface area contributed by atoms with Crippen molar-refractivity contribution >= 4 is 5.69 Å². The average Bonchev–Trinajstić information content (AvgIpc) is 2.28. The van der Waals surface area contributed by atoms with Crippen LogP contribution in [0.3, 0.4) is 0 Å². The van der Waals surface area contributed by atoms with Crippen LogP contribution in [0.4, 0.5) is 5.69 Å². The van der Waals surface area contributed by atoms with Gasteiger partial charge in [-0.05, 0) is 30.2 Å². The zero-order valence-electron chi connectivity index (χ0n) is 9.77. The van der Waals surface area contributed by atoms with Gasteiger partial charge in [-0.15, -0.1) is 0 Å². The van der Waals surface area contributed by atoms with Crippen molar-refractivity contribution in [1.29, 1.82) is 0 Å². The summed E-state index contributed by atoms with van der Waals surface area (Å²) in [7, 11) is 0. The van der Waals surface area contributed by atoms with Crippen molar-refractivity contribution in [3.8, 4) is 0 Å². The summed E-state index contributed by atoms with van der Waals surface area (Å²) < 4.78 is 0. The molecule has 82 valence electrons. The molecule has 2 rings (SSSR count). The molecule has 0 heterocycles. The minimum Gasteiger partial charge on any atom is -0.399 e. The van der Waals surface area contributed by atoms with Gasteiger partial charge in [0.15, 0.2) is 0 Å². The SMILES string of the molecule is Cc1cccc([C@H](C)c2cccc(N)c2)c1. The Labute approximate surface area is 96.9 Å². The molecule has 0 saturated carbocycles. The van der Waals surface area contributed by atoms with Crippen LogP contribution in [0.5, 0.6) is 0 Å². The molecule has 0 saturated heterocycles. The fraction of sp³-hybridized carbons (Fsp3) is 0.200. The van der Waals surface area contributed by atoms with Crippen molar-refractivity contribution in [2.24, 2.45) is 0 Å². The molecule has 0 aliphatic rings. The van der Waals surface area contributed by atoms with Crippen LogP contribution in [-0.4, -0.2) is 0 Å². The molecule has 0 fully saturated rings. The molecule has 0 aromatic heterocycles. The van der Waals surface area contributed by atoms with Gasteiger partial charge in [0, 0.05) is 11.6 Å². The van der Waals surface area contributed by atoms with Gasteiger partial charge in [0.1, 0.15) is 0 Å². The van der Waals surface area contributed by atoms with Gasteiger partial charge in [-0.25, -0.2) is 0 Å². The van der Waals surface area contributed by atoms with Gasteiger partial charge in [-0.1, -0.05) is 48.9 Å². The highest BCUT2D eigenvalue weighted by atomic mass is 14.5. The van der Waals surface area contributed by atoms with Crippen molar-refractivity contribution in [2.45, 2.75) is 19.8 Å². The Bertz CT molecular complexity index is 443. The number of nitrogen functional groups attached to an aromatic ring is 1. The molecule has 1 heteroatoms. The summed E-state index contributed by atoms with van der Waals surface area (Å²) in [6.07, 6.45) is 0. The molecule has 0 radical (unpaired) electrons. The van der Waals surface area contributed by atoms with E-state index < -0.39 is 0 Å². The lowest BCUT2D eigenvalue weighted by atomic mass is 9.92. The molecular formula is C15H17N. The highest BCUT2D eigenvalue weighted by Crippen LogP contribution is 2.25. The van der Waals surface area contributed by atoms with Crippen LogP contribution in [0.25, 0.3) is 0 Å². The van der Waals surface area contributed by atoms with E-state index in [2.05, 4.69) is 44.2 Å². The molecule has 1 atom stereocenters. The molecule has 2 N–H and O–H groups in total. The second-order valence-corrected chi connectivity index (χ2v) is 4.31. The van der Waals surface area contributed by atoms with E-state index in [1.54, 1.807) is 0 Å². The van der Waals surface area contributed by atoms with Gasteiger partial charge in [-0.3, -0.25) is 0 Å². The van der Waals surface area contributed by atoms with E-state index >= 15 is 0 Å². The highest BCUT2D eigenvalue weighted by Gasteiger charge is 2.08. The van der Waals surface area contributed by atoms with Gasteiger partial charge in [0.05, 0.1) is 0 Å². The van der Waals surface area contributed by atoms with E-state index in [1.165, 1.54) is 16.7 Å². The number of benzene rings is 2. The number of hydrogen-bond donors (Lipinski definition) is 1. The maximum absolute atomic E-state index is 5.80. The second kappa shape index (κ2) is 4.40. The van der Waals surface area contributed by atoms with E-state index in [4.69, 9.17) is 5.73 Å². The second-order valence-electron chi connectivity index (χ2n) is 4.31. The predicted octanol–water partition coefficient (Wildman–Crippen LogP) is 3.73. The minimum atomic E-state index is 0.392. The van der Waals surface area contributed by atoms with Crippen LogP contribution in [0, 0.1) is 6.92 Å². The Hall–Kier alpha value is -1.76. The maximum atomic E-state index is 5.80. The predicted molar refractivity (Wildman–Crippen MR) is 69.6 cm³/mol. The zero-order chi connectivity index (χ0) is 11.5. The summed E-state index contributed by atoms with van der Waals surface area (Å²) in [6.45, 7) is 4.33. The Balaban J connectivity index is 2.35. The maximum Gasteiger partial charge on any atom is 0.0316 e. The van der Waals surface area contributed by atoms with Crippen molar-refractivity contribution in [1.82, 2.24) is 0 Å². The molecule has 1 nitrogen and oxygen atoms in total. The summed E-state index contributed by atoms with van der Waals surface area (Å²) in [6, 6.07) is 16.7. The van der Waals surface area contributed by atoms with Crippen molar-refractivity contribution < 1.29 is 0 Å². The number of rotatable bonds is 2. The number of anilines is 1. The number of nitrogens with two attached hydrogens (primary N) is 1. The molecule has 0 aliphatic heterocycles. The largest absolute Gasteiger partial charge is 0.399 e. The summed E-state index contributed by atoms with van der Waals surface area (Å²) in [5.41, 5.74) is 10.5. The summed E-state index contributed by atoms with van der Waals surface area (Å²) >= 11 is 0.